The van der Waals surface area contributed by atoms with Crippen LogP contribution in [0.3, 0.4) is 0 Å². The molecule has 0 fully saturated rings. The Morgan fingerprint density at radius 2 is 2.05 bits per heavy atom. The summed E-state index contributed by atoms with van der Waals surface area (Å²) in [4.78, 5) is 13.5. The maximum Gasteiger partial charge on any atom is 0.227 e. The molecule has 0 aromatic heterocycles. The number of amides is 1. The van der Waals surface area contributed by atoms with Gasteiger partial charge in [0, 0.05) is 26.1 Å². The Balaban J connectivity index is 2.66. The van der Waals surface area contributed by atoms with Gasteiger partial charge in [0.1, 0.15) is 0 Å². The minimum atomic E-state index is -0.953. The molecule has 1 rings (SSSR count). The highest BCUT2D eigenvalue weighted by Gasteiger charge is 2.14. The summed E-state index contributed by atoms with van der Waals surface area (Å²) in [5, 5.41) is 0. The standard InChI is InChI=1S/C13H16ClF2NO2/c1-19-7-6-17(5-4-14)13(18)9-10-2-3-11(15)12(16)8-10/h2-3,8H,4-7,9H2,1H3. The van der Waals surface area contributed by atoms with Crippen LogP contribution in [0.5, 0.6) is 0 Å². The average molecular weight is 292 g/mol. The number of nitrogens with zero attached hydrogens (tertiary/aromatic N) is 1. The molecule has 6 heteroatoms. The van der Waals surface area contributed by atoms with Gasteiger partial charge in [0.2, 0.25) is 5.91 Å². The fraction of sp³-hybridized carbons (Fsp3) is 0.462. The van der Waals surface area contributed by atoms with Crippen LogP contribution < -0.4 is 0 Å². The van der Waals surface area contributed by atoms with Gasteiger partial charge in [-0.1, -0.05) is 6.07 Å². The number of hydrogen-bond acceptors (Lipinski definition) is 2. The maximum atomic E-state index is 13.0. The van der Waals surface area contributed by atoms with Crippen LogP contribution in [0.1, 0.15) is 5.56 Å². The van der Waals surface area contributed by atoms with Crippen LogP contribution in [-0.4, -0.2) is 43.5 Å². The topological polar surface area (TPSA) is 29.5 Å². The zero-order valence-corrected chi connectivity index (χ0v) is 11.4. The molecule has 3 nitrogen and oxygen atoms in total. The Kier molecular flexibility index (Phi) is 6.73. The smallest absolute Gasteiger partial charge is 0.227 e. The highest BCUT2D eigenvalue weighted by molar-refractivity contribution is 6.18. The first-order valence-corrected chi connectivity index (χ1v) is 6.38. The SMILES string of the molecule is COCCN(CCCl)C(=O)Cc1ccc(F)c(F)c1. The maximum absolute atomic E-state index is 13.0. The quantitative estimate of drug-likeness (QED) is 0.721. The summed E-state index contributed by atoms with van der Waals surface area (Å²) >= 11 is 5.62. The van der Waals surface area contributed by atoms with Crippen molar-refractivity contribution in [2.24, 2.45) is 0 Å². The predicted molar refractivity (Wildman–Crippen MR) is 69.2 cm³/mol. The lowest BCUT2D eigenvalue weighted by atomic mass is 10.1. The molecule has 0 unspecified atom stereocenters. The predicted octanol–water partition coefficient (Wildman–Crippen LogP) is 2.22. The van der Waals surface area contributed by atoms with E-state index in [-0.39, 0.29) is 12.3 Å². The van der Waals surface area contributed by atoms with E-state index in [4.69, 9.17) is 16.3 Å². The normalized spacial score (nSPS) is 10.5. The molecule has 0 heterocycles. The third-order valence-electron chi connectivity index (χ3n) is 2.61. The van der Waals surface area contributed by atoms with Crippen LogP contribution in [-0.2, 0) is 16.0 Å². The summed E-state index contributed by atoms with van der Waals surface area (Å²) in [7, 11) is 1.54. The average Bonchev–Trinajstić information content (AvgIpc) is 2.38. The number of alkyl halides is 1. The summed E-state index contributed by atoms with van der Waals surface area (Å²) in [6.45, 7) is 1.22. The molecule has 0 aliphatic rings. The van der Waals surface area contributed by atoms with Gasteiger partial charge in [-0.15, -0.1) is 11.6 Å². The van der Waals surface area contributed by atoms with Gasteiger partial charge < -0.3 is 9.64 Å². The molecule has 1 amide bonds. The lowest BCUT2D eigenvalue weighted by Gasteiger charge is -2.21. The summed E-state index contributed by atoms with van der Waals surface area (Å²) < 4.78 is 30.7. The lowest BCUT2D eigenvalue weighted by Crippen LogP contribution is -2.36. The molecule has 0 N–H and O–H groups in total. The zero-order chi connectivity index (χ0) is 14.3. The van der Waals surface area contributed by atoms with Crippen molar-refractivity contribution >= 4 is 17.5 Å². The van der Waals surface area contributed by atoms with Crippen molar-refractivity contribution in [2.45, 2.75) is 6.42 Å². The fourth-order valence-corrected chi connectivity index (χ4v) is 1.80. The van der Waals surface area contributed by atoms with E-state index in [2.05, 4.69) is 0 Å². The van der Waals surface area contributed by atoms with Crippen LogP contribution >= 0.6 is 11.6 Å². The van der Waals surface area contributed by atoms with Gasteiger partial charge >= 0.3 is 0 Å². The zero-order valence-electron chi connectivity index (χ0n) is 10.7. The Morgan fingerprint density at radius 3 is 2.63 bits per heavy atom. The van der Waals surface area contributed by atoms with Crippen LogP contribution in [0.2, 0.25) is 0 Å². The molecule has 1 aromatic rings. The number of rotatable bonds is 7. The first-order valence-electron chi connectivity index (χ1n) is 5.85. The highest BCUT2D eigenvalue weighted by Crippen LogP contribution is 2.10. The first-order chi connectivity index (χ1) is 9.08. The Hall–Kier alpha value is -1.20. The number of ether oxygens (including phenoxy) is 1. The Bertz CT molecular complexity index is 429. The van der Waals surface area contributed by atoms with Crippen molar-refractivity contribution in [3.05, 3.63) is 35.4 Å². The molecule has 1 aromatic carbocycles. The van der Waals surface area contributed by atoms with E-state index in [1.807, 2.05) is 0 Å². The van der Waals surface area contributed by atoms with E-state index in [9.17, 15) is 13.6 Å². The van der Waals surface area contributed by atoms with E-state index in [1.54, 1.807) is 7.11 Å². The molecule has 0 aliphatic heterocycles. The number of methoxy groups -OCH3 is 1. The highest BCUT2D eigenvalue weighted by atomic mass is 35.5. The number of carbonyl (C=O) groups is 1. The molecule has 0 bridgehead atoms. The molecule has 0 saturated heterocycles. The summed E-state index contributed by atoms with van der Waals surface area (Å²) in [6.07, 6.45) is 0.0117. The van der Waals surface area contributed by atoms with Crippen molar-refractivity contribution in [3.63, 3.8) is 0 Å². The molecular formula is C13H16ClF2NO2. The molecule has 0 radical (unpaired) electrons. The van der Waals surface area contributed by atoms with E-state index < -0.39 is 11.6 Å². The first kappa shape index (κ1) is 15.9. The Morgan fingerprint density at radius 1 is 1.32 bits per heavy atom. The Labute approximate surface area is 116 Å². The van der Waals surface area contributed by atoms with E-state index in [0.29, 0.717) is 31.1 Å². The summed E-state index contributed by atoms with van der Waals surface area (Å²) in [5.41, 5.74) is 0.431. The number of halogens is 3. The van der Waals surface area contributed by atoms with Crippen LogP contribution in [0, 0.1) is 11.6 Å². The third kappa shape index (κ3) is 5.12. The van der Waals surface area contributed by atoms with Crippen LogP contribution in [0.25, 0.3) is 0 Å². The van der Waals surface area contributed by atoms with Gasteiger partial charge in [0.15, 0.2) is 11.6 Å². The molecule has 0 saturated carbocycles. The second-order valence-electron chi connectivity index (χ2n) is 3.99. The van der Waals surface area contributed by atoms with Gasteiger partial charge in [-0.2, -0.15) is 0 Å². The van der Waals surface area contributed by atoms with E-state index >= 15 is 0 Å². The summed E-state index contributed by atoms with van der Waals surface area (Å²) in [5.74, 6) is -1.75. The van der Waals surface area contributed by atoms with Gasteiger partial charge in [-0.3, -0.25) is 4.79 Å². The van der Waals surface area contributed by atoms with Crippen LogP contribution in [0.4, 0.5) is 8.78 Å². The van der Waals surface area contributed by atoms with Crippen molar-refractivity contribution in [1.82, 2.24) is 4.90 Å². The molecular weight excluding hydrogens is 276 g/mol. The number of hydrogen-bond donors (Lipinski definition) is 0. The van der Waals surface area contributed by atoms with Crippen molar-refractivity contribution in [1.29, 1.82) is 0 Å². The monoisotopic (exact) mass is 291 g/mol. The van der Waals surface area contributed by atoms with Gasteiger partial charge in [-0.25, -0.2) is 8.78 Å². The fourth-order valence-electron chi connectivity index (χ4n) is 1.60. The molecule has 0 spiro atoms. The number of benzene rings is 1. The van der Waals surface area contributed by atoms with Gasteiger partial charge in [-0.05, 0) is 17.7 Å². The second kappa shape index (κ2) is 8.07. The minimum absolute atomic E-state index is 0.0117. The van der Waals surface area contributed by atoms with Gasteiger partial charge in [0.25, 0.3) is 0 Å². The third-order valence-corrected chi connectivity index (χ3v) is 2.78. The van der Waals surface area contributed by atoms with Crippen LogP contribution in [0.15, 0.2) is 18.2 Å². The van der Waals surface area contributed by atoms with Crippen molar-refractivity contribution in [2.75, 3.05) is 32.7 Å². The van der Waals surface area contributed by atoms with Crippen molar-refractivity contribution < 1.29 is 18.3 Å². The van der Waals surface area contributed by atoms with E-state index in [1.165, 1.54) is 11.0 Å². The summed E-state index contributed by atoms with van der Waals surface area (Å²) in [6, 6.07) is 3.44. The molecule has 0 atom stereocenters. The molecule has 0 aliphatic carbocycles. The molecule has 19 heavy (non-hydrogen) atoms. The van der Waals surface area contributed by atoms with Crippen molar-refractivity contribution in [3.8, 4) is 0 Å². The minimum Gasteiger partial charge on any atom is -0.383 e. The second-order valence-corrected chi connectivity index (χ2v) is 4.37. The number of carbonyl (C=O) groups excluding carboxylic acids is 1. The largest absolute Gasteiger partial charge is 0.383 e. The van der Waals surface area contributed by atoms with Gasteiger partial charge in [0.05, 0.1) is 13.0 Å². The molecule has 106 valence electrons. The van der Waals surface area contributed by atoms with E-state index in [0.717, 1.165) is 12.1 Å². The lowest BCUT2D eigenvalue weighted by molar-refractivity contribution is -0.130.